The van der Waals surface area contributed by atoms with Crippen LogP contribution in [-0.4, -0.2) is 46.0 Å². The third kappa shape index (κ3) is 5.03. The molecule has 1 heterocycles. The first kappa shape index (κ1) is 24.0. The number of hydrogen-bond acceptors (Lipinski definition) is 5. The molecule has 1 aromatic heterocycles. The number of ether oxygens (including phenoxy) is 1. The topological polar surface area (TPSA) is 123 Å². The van der Waals surface area contributed by atoms with E-state index in [0.29, 0.717) is 0 Å². The number of fused-ring (bicyclic) bond motifs is 3. The zero-order valence-electron chi connectivity index (χ0n) is 19.9. The molecule has 2 amide bonds. The highest BCUT2D eigenvalue weighted by Crippen LogP contribution is 2.44. The number of nitrogens with one attached hydrogen (secondary N) is 2. The van der Waals surface area contributed by atoms with Crippen LogP contribution in [0.5, 0.6) is 0 Å². The lowest BCUT2D eigenvalue weighted by Crippen LogP contribution is -2.32. The van der Waals surface area contributed by atoms with Crippen LogP contribution in [0.4, 0.5) is 10.6 Å². The standard InChI is InChI=1S/C26H28N4O5/c1-26(2,24(32)33)12-13-27-23(31)21-14-22(29-30(21)3)28-25(34)35-15-20-18-10-6-4-8-16(18)17-9-5-7-11-19(17)20/h4-11,14,20H,12-13,15H2,1-3H3,(H,27,31)(H,32,33)(H,28,29,34). The van der Waals surface area contributed by atoms with Crippen LogP contribution in [0.1, 0.15) is 47.8 Å². The number of anilines is 1. The molecule has 0 atom stereocenters. The third-order valence-corrected chi connectivity index (χ3v) is 6.30. The van der Waals surface area contributed by atoms with Crippen LogP contribution in [0, 0.1) is 5.41 Å². The molecule has 3 aromatic rings. The van der Waals surface area contributed by atoms with Gasteiger partial charge in [0.2, 0.25) is 0 Å². The summed E-state index contributed by atoms with van der Waals surface area (Å²) in [6.45, 7) is 3.56. The summed E-state index contributed by atoms with van der Waals surface area (Å²) in [7, 11) is 1.58. The minimum absolute atomic E-state index is 0.0618. The summed E-state index contributed by atoms with van der Waals surface area (Å²) in [6, 6.07) is 17.6. The van der Waals surface area contributed by atoms with Crippen LogP contribution in [-0.2, 0) is 16.6 Å². The number of hydrogen-bond donors (Lipinski definition) is 3. The number of nitrogens with zero attached hydrogens (tertiary/aromatic N) is 2. The lowest BCUT2D eigenvalue weighted by molar-refractivity contribution is -0.147. The van der Waals surface area contributed by atoms with Gasteiger partial charge in [-0.2, -0.15) is 5.10 Å². The van der Waals surface area contributed by atoms with Crippen molar-refractivity contribution in [1.29, 1.82) is 0 Å². The Labute approximate surface area is 203 Å². The van der Waals surface area contributed by atoms with E-state index >= 15 is 0 Å². The number of aryl methyl sites for hydroxylation is 1. The van der Waals surface area contributed by atoms with Gasteiger partial charge in [-0.25, -0.2) is 4.79 Å². The minimum Gasteiger partial charge on any atom is -0.481 e. The number of carboxylic acids is 1. The number of aromatic nitrogens is 2. The monoisotopic (exact) mass is 476 g/mol. The van der Waals surface area contributed by atoms with Crippen molar-refractivity contribution in [3.05, 3.63) is 71.4 Å². The Hall–Kier alpha value is -4.14. The molecule has 0 bridgehead atoms. The van der Waals surface area contributed by atoms with Gasteiger partial charge in [0.25, 0.3) is 5.91 Å². The van der Waals surface area contributed by atoms with E-state index in [1.165, 1.54) is 10.7 Å². The molecule has 9 nitrogen and oxygen atoms in total. The highest BCUT2D eigenvalue weighted by atomic mass is 16.5. The molecule has 35 heavy (non-hydrogen) atoms. The van der Waals surface area contributed by atoms with Crippen LogP contribution in [0.2, 0.25) is 0 Å². The normalized spacial score (nSPS) is 12.5. The molecule has 1 aliphatic rings. The Morgan fingerprint density at radius 3 is 2.26 bits per heavy atom. The second kappa shape index (κ2) is 9.61. The molecule has 4 rings (SSSR count). The summed E-state index contributed by atoms with van der Waals surface area (Å²) in [4.78, 5) is 36.2. The molecule has 0 unspecified atom stereocenters. The lowest BCUT2D eigenvalue weighted by atomic mass is 9.90. The van der Waals surface area contributed by atoms with E-state index < -0.39 is 23.4 Å². The first-order valence-corrected chi connectivity index (χ1v) is 11.3. The highest BCUT2D eigenvalue weighted by molar-refractivity contribution is 5.94. The van der Waals surface area contributed by atoms with Crippen molar-refractivity contribution in [2.45, 2.75) is 26.2 Å². The van der Waals surface area contributed by atoms with Crippen molar-refractivity contribution >= 4 is 23.8 Å². The average molecular weight is 477 g/mol. The number of carboxylic acid groups (broad SMARTS) is 1. The maximum absolute atomic E-state index is 12.5. The average Bonchev–Trinajstić information content (AvgIpc) is 3.34. The van der Waals surface area contributed by atoms with Crippen LogP contribution in [0.15, 0.2) is 54.6 Å². The Bertz CT molecular complexity index is 1230. The molecule has 0 saturated heterocycles. The van der Waals surface area contributed by atoms with Crippen LogP contribution < -0.4 is 10.6 Å². The molecular formula is C26H28N4O5. The summed E-state index contributed by atoms with van der Waals surface area (Å²) >= 11 is 0. The zero-order chi connectivity index (χ0) is 25.2. The van der Waals surface area contributed by atoms with E-state index in [4.69, 9.17) is 4.74 Å². The SMILES string of the molecule is Cn1nc(NC(=O)OCC2c3ccccc3-c3ccccc32)cc1C(=O)NCCC(C)(C)C(=O)O. The second-order valence-corrected chi connectivity index (χ2v) is 9.18. The number of carbonyl (C=O) groups is 3. The molecule has 2 aromatic carbocycles. The summed E-state index contributed by atoms with van der Waals surface area (Å²) in [5.41, 5.74) is 3.80. The van der Waals surface area contributed by atoms with Gasteiger partial charge >= 0.3 is 12.1 Å². The van der Waals surface area contributed by atoms with Crippen LogP contribution in [0.3, 0.4) is 0 Å². The van der Waals surface area contributed by atoms with E-state index in [1.54, 1.807) is 20.9 Å². The highest BCUT2D eigenvalue weighted by Gasteiger charge is 2.29. The molecule has 182 valence electrons. The molecule has 0 aliphatic heterocycles. The number of benzene rings is 2. The Kier molecular flexibility index (Phi) is 6.59. The first-order valence-electron chi connectivity index (χ1n) is 11.3. The van der Waals surface area contributed by atoms with Gasteiger partial charge in [-0.05, 0) is 42.5 Å². The fourth-order valence-electron chi connectivity index (χ4n) is 4.17. The molecule has 0 saturated carbocycles. The lowest BCUT2D eigenvalue weighted by Gasteiger charge is -2.18. The van der Waals surface area contributed by atoms with Crippen molar-refractivity contribution in [1.82, 2.24) is 15.1 Å². The summed E-state index contributed by atoms with van der Waals surface area (Å²) in [5.74, 6) is -1.22. The Morgan fingerprint density at radius 1 is 1.06 bits per heavy atom. The Morgan fingerprint density at radius 2 is 1.66 bits per heavy atom. The predicted molar refractivity (Wildman–Crippen MR) is 130 cm³/mol. The first-order chi connectivity index (χ1) is 16.7. The van der Waals surface area contributed by atoms with Gasteiger partial charge < -0.3 is 15.2 Å². The van der Waals surface area contributed by atoms with E-state index in [0.717, 1.165) is 22.3 Å². The summed E-state index contributed by atoms with van der Waals surface area (Å²) < 4.78 is 6.87. The molecule has 3 N–H and O–H groups in total. The van der Waals surface area contributed by atoms with Crippen molar-refractivity contribution in [3.63, 3.8) is 0 Å². The van der Waals surface area contributed by atoms with E-state index in [2.05, 4.69) is 27.9 Å². The predicted octanol–water partition coefficient (Wildman–Crippen LogP) is 4.01. The van der Waals surface area contributed by atoms with Gasteiger partial charge in [0, 0.05) is 25.6 Å². The van der Waals surface area contributed by atoms with Gasteiger partial charge in [-0.3, -0.25) is 19.6 Å². The van der Waals surface area contributed by atoms with Gasteiger partial charge in [0.15, 0.2) is 5.82 Å². The van der Waals surface area contributed by atoms with Crippen molar-refractivity contribution in [2.24, 2.45) is 12.5 Å². The minimum atomic E-state index is -0.948. The maximum Gasteiger partial charge on any atom is 0.412 e. The van der Waals surface area contributed by atoms with Crippen molar-refractivity contribution in [2.75, 3.05) is 18.5 Å². The molecule has 0 radical (unpaired) electrons. The van der Waals surface area contributed by atoms with Gasteiger partial charge in [-0.15, -0.1) is 0 Å². The number of carbonyl (C=O) groups excluding carboxylic acids is 2. The summed E-state index contributed by atoms with van der Waals surface area (Å²) in [6.07, 6.45) is -0.392. The quantitative estimate of drug-likeness (QED) is 0.451. The van der Waals surface area contributed by atoms with Gasteiger partial charge in [0.05, 0.1) is 5.41 Å². The summed E-state index contributed by atoms with van der Waals surface area (Å²) in [5, 5.41) is 18.6. The fraction of sp³-hybridized carbons (Fsp3) is 0.308. The molecule has 0 fully saturated rings. The number of rotatable bonds is 8. The van der Waals surface area contributed by atoms with E-state index in [-0.39, 0.29) is 37.0 Å². The maximum atomic E-state index is 12.5. The van der Waals surface area contributed by atoms with E-state index in [1.807, 2.05) is 36.4 Å². The largest absolute Gasteiger partial charge is 0.481 e. The number of aliphatic carboxylic acids is 1. The Balaban J connectivity index is 1.35. The van der Waals surface area contributed by atoms with Crippen molar-refractivity contribution < 1.29 is 24.2 Å². The fourth-order valence-corrected chi connectivity index (χ4v) is 4.17. The third-order valence-electron chi connectivity index (χ3n) is 6.30. The van der Waals surface area contributed by atoms with Crippen LogP contribution in [0.25, 0.3) is 11.1 Å². The van der Waals surface area contributed by atoms with Crippen LogP contribution >= 0.6 is 0 Å². The molecular weight excluding hydrogens is 448 g/mol. The number of amides is 2. The van der Waals surface area contributed by atoms with Crippen molar-refractivity contribution in [3.8, 4) is 11.1 Å². The molecule has 9 heteroatoms. The second-order valence-electron chi connectivity index (χ2n) is 9.18. The van der Waals surface area contributed by atoms with E-state index in [9.17, 15) is 19.5 Å². The zero-order valence-corrected chi connectivity index (χ0v) is 19.9. The smallest absolute Gasteiger partial charge is 0.412 e. The van der Waals surface area contributed by atoms with Gasteiger partial charge in [-0.1, -0.05) is 48.5 Å². The van der Waals surface area contributed by atoms with Gasteiger partial charge in [0.1, 0.15) is 12.3 Å². The molecule has 1 aliphatic carbocycles. The molecule has 0 spiro atoms.